The Bertz CT molecular complexity index is 997. The van der Waals surface area contributed by atoms with Crippen molar-refractivity contribution in [2.24, 2.45) is 5.41 Å². The number of nitrogens with zero attached hydrogens (tertiary/aromatic N) is 2. The standard InChI is InChI=1S/C21H26F3N3O5S/c22-21(23,24)33(30,31)17-4-1-15(2-5-17)11-26-9-7-20(8-10-26)13-27(14-20)18(28)6-3-16-12-32-19(29)25-16/h1-2,4-5,16H,3,6-14H2,(H,25,29)/t16-/m1/s1. The van der Waals surface area contributed by atoms with E-state index in [1.165, 1.54) is 12.1 Å². The Kier molecular flexibility index (Phi) is 6.34. The number of likely N-dealkylation sites (tertiary alicyclic amines) is 2. The van der Waals surface area contributed by atoms with Crippen LogP contribution >= 0.6 is 0 Å². The van der Waals surface area contributed by atoms with Gasteiger partial charge < -0.3 is 15.0 Å². The number of alkyl halides is 3. The molecule has 3 saturated heterocycles. The maximum Gasteiger partial charge on any atom is 0.501 e. The number of carbonyl (C=O) groups is 2. The second-order valence-corrected chi connectivity index (χ2v) is 11.0. The first kappa shape index (κ1) is 23.8. The van der Waals surface area contributed by atoms with Crippen LogP contribution in [0.3, 0.4) is 0 Å². The van der Waals surface area contributed by atoms with Crippen molar-refractivity contribution in [3.05, 3.63) is 29.8 Å². The van der Waals surface area contributed by atoms with Crippen LogP contribution in [0, 0.1) is 5.41 Å². The summed E-state index contributed by atoms with van der Waals surface area (Å²) < 4.78 is 65.8. The fourth-order valence-corrected chi connectivity index (χ4v) is 5.41. The van der Waals surface area contributed by atoms with Gasteiger partial charge in [0.25, 0.3) is 9.84 Å². The van der Waals surface area contributed by atoms with Crippen LogP contribution in [-0.4, -0.2) is 74.6 Å². The number of rotatable bonds is 6. The Balaban J connectivity index is 1.21. The van der Waals surface area contributed by atoms with Crippen LogP contribution in [0.1, 0.15) is 31.2 Å². The van der Waals surface area contributed by atoms with E-state index in [1.807, 2.05) is 4.90 Å². The minimum absolute atomic E-state index is 0.0816. The number of nitrogens with one attached hydrogen (secondary N) is 1. The molecule has 33 heavy (non-hydrogen) atoms. The van der Waals surface area contributed by atoms with Crippen LogP contribution in [0.4, 0.5) is 18.0 Å². The second kappa shape index (κ2) is 8.79. The topological polar surface area (TPSA) is 96.0 Å². The molecule has 3 heterocycles. The number of halogens is 3. The molecule has 0 aliphatic carbocycles. The molecule has 0 radical (unpaired) electrons. The molecule has 12 heteroatoms. The first-order valence-electron chi connectivity index (χ1n) is 10.8. The summed E-state index contributed by atoms with van der Waals surface area (Å²) in [6.45, 7) is 3.87. The number of alkyl carbamates (subject to hydrolysis) is 1. The van der Waals surface area contributed by atoms with Crippen LogP contribution in [0.5, 0.6) is 0 Å². The molecular formula is C21H26F3N3O5S. The molecule has 1 spiro atoms. The fourth-order valence-electron chi connectivity index (χ4n) is 4.64. The van der Waals surface area contributed by atoms with Crippen molar-refractivity contribution in [1.82, 2.24) is 15.1 Å². The highest BCUT2D eigenvalue weighted by Crippen LogP contribution is 2.41. The van der Waals surface area contributed by atoms with E-state index in [4.69, 9.17) is 4.74 Å². The van der Waals surface area contributed by atoms with Gasteiger partial charge in [0.15, 0.2) is 0 Å². The predicted molar refractivity (Wildman–Crippen MR) is 111 cm³/mol. The molecule has 1 aromatic carbocycles. The lowest BCUT2D eigenvalue weighted by Crippen LogP contribution is -2.61. The Morgan fingerprint density at radius 2 is 1.79 bits per heavy atom. The molecular weight excluding hydrogens is 463 g/mol. The van der Waals surface area contributed by atoms with Gasteiger partial charge in [0.2, 0.25) is 5.91 Å². The molecule has 3 fully saturated rings. The van der Waals surface area contributed by atoms with Crippen LogP contribution in [-0.2, 0) is 25.9 Å². The molecule has 2 amide bonds. The highest BCUT2D eigenvalue weighted by Gasteiger charge is 2.47. The first-order chi connectivity index (χ1) is 15.5. The van der Waals surface area contributed by atoms with Crippen LogP contribution in [0.15, 0.2) is 29.2 Å². The first-order valence-corrected chi connectivity index (χ1v) is 12.3. The Morgan fingerprint density at radius 1 is 1.15 bits per heavy atom. The van der Waals surface area contributed by atoms with E-state index < -0.39 is 26.3 Å². The van der Waals surface area contributed by atoms with E-state index in [2.05, 4.69) is 10.2 Å². The van der Waals surface area contributed by atoms with Gasteiger partial charge in [-0.15, -0.1) is 0 Å². The highest BCUT2D eigenvalue weighted by atomic mass is 32.2. The van der Waals surface area contributed by atoms with E-state index >= 15 is 0 Å². The number of benzene rings is 1. The zero-order valence-electron chi connectivity index (χ0n) is 17.9. The van der Waals surface area contributed by atoms with E-state index in [0.717, 1.165) is 56.7 Å². The van der Waals surface area contributed by atoms with Gasteiger partial charge in [0.1, 0.15) is 6.61 Å². The lowest BCUT2D eigenvalue weighted by Gasteiger charge is -2.54. The van der Waals surface area contributed by atoms with E-state index in [9.17, 15) is 31.2 Å². The maximum absolute atomic E-state index is 12.7. The lowest BCUT2D eigenvalue weighted by molar-refractivity contribution is -0.147. The number of sulfone groups is 1. The van der Waals surface area contributed by atoms with Gasteiger partial charge >= 0.3 is 11.6 Å². The van der Waals surface area contributed by atoms with Crippen LogP contribution < -0.4 is 5.32 Å². The predicted octanol–water partition coefficient (Wildman–Crippen LogP) is 2.29. The van der Waals surface area contributed by atoms with Gasteiger partial charge in [-0.3, -0.25) is 9.69 Å². The van der Waals surface area contributed by atoms with Gasteiger partial charge in [-0.05, 0) is 50.0 Å². The fraction of sp³-hybridized carbons (Fsp3) is 0.619. The molecule has 182 valence electrons. The Labute approximate surface area is 190 Å². The Hall–Kier alpha value is -2.34. The molecule has 4 rings (SSSR count). The molecule has 3 aliphatic rings. The van der Waals surface area contributed by atoms with Crippen molar-refractivity contribution in [3.63, 3.8) is 0 Å². The third-order valence-electron chi connectivity index (χ3n) is 6.71. The summed E-state index contributed by atoms with van der Waals surface area (Å²) in [5.74, 6) is 0.0816. The molecule has 0 saturated carbocycles. The normalized spacial score (nSPS) is 23.2. The van der Waals surface area contributed by atoms with Gasteiger partial charge in [-0.25, -0.2) is 13.2 Å². The third kappa shape index (κ3) is 5.11. The summed E-state index contributed by atoms with van der Waals surface area (Å²) >= 11 is 0. The number of amides is 2. The van der Waals surface area contributed by atoms with E-state index in [-0.39, 0.29) is 17.4 Å². The van der Waals surface area contributed by atoms with Gasteiger partial charge in [-0.2, -0.15) is 13.2 Å². The monoisotopic (exact) mass is 489 g/mol. The molecule has 3 aliphatic heterocycles. The second-order valence-electron chi connectivity index (χ2n) is 9.10. The summed E-state index contributed by atoms with van der Waals surface area (Å²) in [6, 6.07) is 4.74. The molecule has 0 aromatic heterocycles. The largest absolute Gasteiger partial charge is 0.501 e. The zero-order valence-corrected chi connectivity index (χ0v) is 18.8. The number of hydrogen-bond acceptors (Lipinski definition) is 6. The molecule has 1 N–H and O–H groups in total. The maximum atomic E-state index is 12.7. The van der Waals surface area contributed by atoms with Gasteiger partial charge in [0, 0.05) is 31.5 Å². The highest BCUT2D eigenvalue weighted by molar-refractivity contribution is 7.92. The van der Waals surface area contributed by atoms with E-state index in [0.29, 0.717) is 26.0 Å². The average molecular weight is 490 g/mol. The van der Waals surface area contributed by atoms with Crippen LogP contribution in [0.25, 0.3) is 0 Å². The lowest BCUT2D eigenvalue weighted by atomic mass is 9.71. The third-order valence-corrected chi connectivity index (χ3v) is 8.21. The molecule has 8 nitrogen and oxygen atoms in total. The summed E-state index contributed by atoms with van der Waals surface area (Å²) in [5.41, 5.74) is -4.45. The van der Waals surface area contributed by atoms with Gasteiger partial charge in [-0.1, -0.05) is 12.1 Å². The number of hydrogen-bond donors (Lipinski definition) is 1. The summed E-state index contributed by atoms with van der Waals surface area (Å²) in [5, 5.41) is 2.67. The minimum atomic E-state index is -5.33. The van der Waals surface area contributed by atoms with E-state index in [1.54, 1.807) is 0 Å². The summed E-state index contributed by atoms with van der Waals surface area (Å²) in [7, 11) is -5.33. The summed E-state index contributed by atoms with van der Waals surface area (Å²) in [6.07, 6.45) is 2.33. The van der Waals surface area contributed by atoms with Crippen LogP contribution in [0.2, 0.25) is 0 Å². The smallest absolute Gasteiger partial charge is 0.447 e. The van der Waals surface area contributed by atoms with Crippen molar-refractivity contribution < 1.29 is 35.9 Å². The quantitative estimate of drug-likeness (QED) is 0.659. The average Bonchev–Trinajstić information content (AvgIpc) is 3.16. The Morgan fingerprint density at radius 3 is 2.33 bits per heavy atom. The molecule has 0 bridgehead atoms. The van der Waals surface area contributed by atoms with Crippen molar-refractivity contribution in [2.45, 2.75) is 48.7 Å². The van der Waals surface area contributed by atoms with Crippen molar-refractivity contribution in [1.29, 1.82) is 0 Å². The molecule has 0 unspecified atom stereocenters. The molecule has 1 aromatic rings. The zero-order chi connectivity index (χ0) is 23.9. The van der Waals surface area contributed by atoms with Gasteiger partial charge in [0.05, 0.1) is 10.9 Å². The minimum Gasteiger partial charge on any atom is -0.447 e. The number of ether oxygens (including phenoxy) is 1. The number of piperidine rings is 1. The van der Waals surface area contributed by atoms with Crippen molar-refractivity contribution in [3.8, 4) is 0 Å². The molecule has 1 atom stereocenters. The van der Waals surface area contributed by atoms with Crippen molar-refractivity contribution >= 4 is 21.8 Å². The SMILES string of the molecule is O=C1N[C@H](CCC(=O)N2CC3(CCN(Cc4ccc(S(=O)(=O)C(F)(F)F)cc4)CC3)C2)CO1. The van der Waals surface area contributed by atoms with Crippen molar-refractivity contribution in [2.75, 3.05) is 32.8 Å². The number of carbonyl (C=O) groups excluding carboxylic acids is 2. The summed E-state index contributed by atoms with van der Waals surface area (Å²) in [4.78, 5) is 26.7. The number of cyclic esters (lactones) is 1.